The summed E-state index contributed by atoms with van der Waals surface area (Å²) in [5, 5.41) is 3.24. The van der Waals surface area contributed by atoms with E-state index in [2.05, 4.69) is 19.2 Å². The van der Waals surface area contributed by atoms with Crippen LogP contribution in [0.3, 0.4) is 0 Å². The van der Waals surface area contributed by atoms with Gasteiger partial charge in [-0.15, -0.1) is 0 Å². The first-order valence-electron chi connectivity index (χ1n) is 7.28. The van der Waals surface area contributed by atoms with E-state index in [1.54, 1.807) is 9.80 Å². The molecule has 19 heavy (non-hydrogen) atoms. The van der Waals surface area contributed by atoms with Crippen LogP contribution in [0, 0.1) is 5.41 Å². The first-order valence-corrected chi connectivity index (χ1v) is 7.28. The Morgan fingerprint density at radius 1 is 0.895 bits per heavy atom. The van der Waals surface area contributed by atoms with Gasteiger partial charge in [-0.1, -0.05) is 13.8 Å². The lowest BCUT2D eigenvalue weighted by Crippen LogP contribution is -2.49. The molecule has 0 bridgehead atoms. The second-order valence-corrected chi connectivity index (χ2v) is 6.35. The number of hydrogen-bond acceptors (Lipinski definition) is 3. The van der Waals surface area contributed by atoms with Gasteiger partial charge < -0.3 is 15.1 Å². The Balaban J connectivity index is 1.90. The van der Waals surface area contributed by atoms with Crippen molar-refractivity contribution in [2.45, 2.75) is 33.1 Å². The maximum atomic E-state index is 12.2. The van der Waals surface area contributed by atoms with Gasteiger partial charge in [-0.25, -0.2) is 0 Å². The Bertz CT molecular complexity index is 337. The molecule has 0 unspecified atom stereocenters. The van der Waals surface area contributed by atoms with Gasteiger partial charge in [0.05, 0.1) is 0 Å². The van der Waals surface area contributed by atoms with Crippen LogP contribution in [0.4, 0.5) is 0 Å². The molecule has 0 aromatic heterocycles. The van der Waals surface area contributed by atoms with Crippen molar-refractivity contribution >= 4 is 11.8 Å². The normalized spacial score (nSPS) is 23.9. The van der Waals surface area contributed by atoms with E-state index in [4.69, 9.17) is 0 Å². The smallest absolute Gasteiger partial charge is 0.312 e. The fourth-order valence-corrected chi connectivity index (χ4v) is 2.63. The molecule has 2 amide bonds. The molecule has 2 rings (SSSR count). The number of carbonyl (C=O) groups is 2. The van der Waals surface area contributed by atoms with E-state index >= 15 is 0 Å². The molecule has 0 aromatic carbocycles. The van der Waals surface area contributed by atoms with E-state index in [9.17, 15) is 9.59 Å². The predicted molar refractivity (Wildman–Crippen MR) is 73.7 cm³/mol. The maximum absolute atomic E-state index is 12.2. The van der Waals surface area contributed by atoms with Crippen LogP contribution in [0.5, 0.6) is 0 Å². The van der Waals surface area contributed by atoms with Gasteiger partial charge in [0.25, 0.3) is 0 Å². The molecular weight excluding hydrogens is 242 g/mol. The molecule has 0 atom stereocenters. The summed E-state index contributed by atoms with van der Waals surface area (Å²) in [5.41, 5.74) is 0.298. The van der Waals surface area contributed by atoms with Gasteiger partial charge in [-0.05, 0) is 31.2 Å². The summed E-state index contributed by atoms with van der Waals surface area (Å²) in [6, 6.07) is 0. The Kier molecular flexibility index (Phi) is 4.45. The van der Waals surface area contributed by atoms with E-state index in [1.807, 2.05) is 0 Å². The molecule has 5 heteroatoms. The van der Waals surface area contributed by atoms with Crippen molar-refractivity contribution in [1.82, 2.24) is 15.1 Å². The van der Waals surface area contributed by atoms with Gasteiger partial charge in [0, 0.05) is 32.7 Å². The van der Waals surface area contributed by atoms with E-state index in [-0.39, 0.29) is 11.8 Å². The van der Waals surface area contributed by atoms with Crippen LogP contribution in [0.15, 0.2) is 0 Å². The molecule has 0 aliphatic carbocycles. The van der Waals surface area contributed by atoms with Crippen molar-refractivity contribution < 1.29 is 9.59 Å². The minimum absolute atomic E-state index is 0.298. The van der Waals surface area contributed by atoms with Gasteiger partial charge in [0.1, 0.15) is 0 Å². The third kappa shape index (κ3) is 3.69. The zero-order chi connectivity index (χ0) is 13.9. The fraction of sp³-hybridized carbons (Fsp3) is 0.857. The lowest BCUT2D eigenvalue weighted by molar-refractivity contribution is -0.152. The van der Waals surface area contributed by atoms with E-state index in [1.165, 1.54) is 0 Å². The van der Waals surface area contributed by atoms with Crippen LogP contribution < -0.4 is 5.32 Å². The van der Waals surface area contributed by atoms with Crippen molar-refractivity contribution in [3.63, 3.8) is 0 Å². The van der Waals surface area contributed by atoms with Gasteiger partial charge in [0.15, 0.2) is 0 Å². The molecular formula is C14H25N3O2. The molecule has 0 saturated carbocycles. The van der Waals surface area contributed by atoms with Gasteiger partial charge >= 0.3 is 11.8 Å². The second-order valence-electron chi connectivity index (χ2n) is 6.35. The summed E-state index contributed by atoms with van der Waals surface area (Å²) in [6.07, 6.45) is 2.88. The highest BCUT2D eigenvalue weighted by molar-refractivity contribution is 6.34. The predicted octanol–water partition coefficient (Wildman–Crippen LogP) is 0.457. The summed E-state index contributed by atoms with van der Waals surface area (Å²) in [6.45, 7) is 8.91. The molecule has 2 fully saturated rings. The average molecular weight is 267 g/mol. The molecule has 1 N–H and O–H groups in total. The van der Waals surface area contributed by atoms with Crippen LogP contribution >= 0.6 is 0 Å². The SMILES string of the molecule is CC1(C)CCN(C(=O)C(=O)N2CCCNCC2)CC1. The molecule has 2 aliphatic rings. The summed E-state index contributed by atoms with van der Waals surface area (Å²) in [5.74, 6) is -0.624. The quantitative estimate of drug-likeness (QED) is 0.649. The number of carbonyl (C=O) groups excluding carboxylic acids is 2. The van der Waals surface area contributed by atoms with Crippen molar-refractivity contribution in [3.8, 4) is 0 Å². The average Bonchev–Trinajstić information content (AvgIpc) is 2.66. The molecule has 0 aromatic rings. The Morgan fingerprint density at radius 3 is 2.11 bits per heavy atom. The van der Waals surface area contributed by atoms with Crippen LogP contribution in [0.25, 0.3) is 0 Å². The number of amides is 2. The largest absolute Gasteiger partial charge is 0.334 e. The number of nitrogens with zero attached hydrogens (tertiary/aromatic N) is 2. The monoisotopic (exact) mass is 267 g/mol. The number of rotatable bonds is 0. The lowest BCUT2D eigenvalue weighted by Gasteiger charge is -2.37. The summed E-state index contributed by atoms with van der Waals surface area (Å²) >= 11 is 0. The summed E-state index contributed by atoms with van der Waals surface area (Å²) in [7, 11) is 0. The zero-order valence-electron chi connectivity index (χ0n) is 12.1. The van der Waals surface area contributed by atoms with Crippen LogP contribution in [-0.2, 0) is 9.59 Å². The maximum Gasteiger partial charge on any atom is 0.312 e. The fourth-order valence-electron chi connectivity index (χ4n) is 2.63. The van der Waals surface area contributed by atoms with E-state index in [0.717, 1.165) is 32.4 Å². The van der Waals surface area contributed by atoms with Crippen molar-refractivity contribution in [3.05, 3.63) is 0 Å². The Hall–Kier alpha value is -1.10. The van der Waals surface area contributed by atoms with Gasteiger partial charge in [0.2, 0.25) is 0 Å². The van der Waals surface area contributed by atoms with Crippen LogP contribution in [0.1, 0.15) is 33.1 Å². The molecule has 108 valence electrons. The molecule has 5 nitrogen and oxygen atoms in total. The summed E-state index contributed by atoms with van der Waals surface area (Å²) in [4.78, 5) is 27.9. The highest BCUT2D eigenvalue weighted by atomic mass is 16.2. The standard InChI is InChI=1S/C14H25N3O2/c1-14(2)4-9-17(10-5-14)13(19)12(18)16-8-3-6-15-7-11-16/h15H,3-11H2,1-2H3. The van der Waals surface area contributed by atoms with Crippen LogP contribution in [0.2, 0.25) is 0 Å². The van der Waals surface area contributed by atoms with Crippen LogP contribution in [-0.4, -0.2) is 60.9 Å². The minimum atomic E-state index is -0.316. The molecule has 2 aliphatic heterocycles. The third-order valence-electron chi connectivity index (χ3n) is 4.21. The van der Waals surface area contributed by atoms with E-state index < -0.39 is 0 Å². The summed E-state index contributed by atoms with van der Waals surface area (Å²) < 4.78 is 0. The van der Waals surface area contributed by atoms with E-state index in [0.29, 0.717) is 31.6 Å². The number of hydrogen-bond donors (Lipinski definition) is 1. The Morgan fingerprint density at radius 2 is 1.47 bits per heavy atom. The molecule has 0 radical (unpaired) electrons. The zero-order valence-corrected chi connectivity index (χ0v) is 12.1. The van der Waals surface area contributed by atoms with Crippen molar-refractivity contribution in [2.75, 3.05) is 39.3 Å². The highest BCUT2D eigenvalue weighted by Gasteiger charge is 2.32. The molecule has 2 heterocycles. The molecule has 0 spiro atoms. The topological polar surface area (TPSA) is 52.7 Å². The third-order valence-corrected chi connectivity index (χ3v) is 4.21. The second kappa shape index (κ2) is 5.90. The number of piperidine rings is 1. The van der Waals surface area contributed by atoms with Gasteiger partial charge in [-0.2, -0.15) is 0 Å². The minimum Gasteiger partial charge on any atom is -0.334 e. The van der Waals surface area contributed by atoms with Crippen molar-refractivity contribution in [1.29, 1.82) is 0 Å². The Labute approximate surface area is 115 Å². The first kappa shape index (κ1) is 14.3. The first-order chi connectivity index (χ1) is 8.99. The number of likely N-dealkylation sites (tertiary alicyclic amines) is 1. The number of nitrogens with one attached hydrogen (secondary N) is 1. The highest BCUT2D eigenvalue weighted by Crippen LogP contribution is 2.29. The van der Waals surface area contributed by atoms with Gasteiger partial charge in [-0.3, -0.25) is 9.59 Å². The molecule has 2 saturated heterocycles. The lowest BCUT2D eigenvalue weighted by atomic mass is 9.82. The van der Waals surface area contributed by atoms with Crippen molar-refractivity contribution in [2.24, 2.45) is 5.41 Å².